The molecule has 4 saturated heterocycles. The van der Waals surface area contributed by atoms with Crippen LogP contribution in [0, 0.1) is 5.92 Å². The van der Waals surface area contributed by atoms with Gasteiger partial charge in [-0.2, -0.15) is 0 Å². The van der Waals surface area contributed by atoms with Crippen LogP contribution in [0.15, 0.2) is 40.4 Å². The third-order valence-corrected chi connectivity index (χ3v) is 7.26. The number of ether oxygens (including phenoxy) is 2. The summed E-state index contributed by atoms with van der Waals surface area (Å²) in [5.41, 5.74) is 2.67. The normalized spacial score (nSPS) is 37.2. The minimum atomic E-state index is -0.0263. The average molecular weight is 383 g/mol. The van der Waals surface area contributed by atoms with Crippen LogP contribution in [-0.4, -0.2) is 61.3 Å². The number of nitrogens with zero attached hydrogens (tertiary/aromatic N) is 2. The fourth-order valence-corrected chi connectivity index (χ4v) is 5.80. The lowest BCUT2D eigenvalue weighted by molar-refractivity contribution is -0.137. The van der Waals surface area contributed by atoms with Crippen LogP contribution in [0.1, 0.15) is 36.6 Å². The van der Waals surface area contributed by atoms with Crippen LogP contribution in [0.25, 0.3) is 0 Å². The van der Waals surface area contributed by atoms with E-state index in [0.717, 1.165) is 64.0 Å². The summed E-state index contributed by atoms with van der Waals surface area (Å²) in [7, 11) is 0. The van der Waals surface area contributed by atoms with Gasteiger partial charge in [0.25, 0.3) is 0 Å². The largest absolute Gasteiger partial charge is 0.470 e. The Bertz CT molecular complexity index is 810. The molecular weight excluding hydrogens is 354 g/mol. The van der Waals surface area contributed by atoms with Gasteiger partial charge < -0.3 is 19.2 Å². The highest BCUT2D eigenvalue weighted by Crippen LogP contribution is 2.53. The second kappa shape index (κ2) is 6.65. The van der Waals surface area contributed by atoms with Gasteiger partial charge in [0, 0.05) is 55.7 Å². The number of fused-ring (bicyclic) bond motifs is 2. The van der Waals surface area contributed by atoms with Gasteiger partial charge in [0.15, 0.2) is 5.88 Å². The van der Waals surface area contributed by atoms with Crippen LogP contribution in [0.3, 0.4) is 0 Å². The zero-order chi connectivity index (χ0) is 18.6. The molecule has 2 bridgehead atoms. The van der Waals surface area contributed by atoms with Crippen molar-refractivity contribution >= 4 is 0 Å². The second-order valence-corrected chi connectivity index (χ2v) is 8.92. The number of piperidine rings is 3. The lowest BCUT2D eigenvalue weighted by Crippen LogP contribution is -2.60. The molecule has 3 unspecified atom stereocenters. The molecule has 1 spiro atoms. The van der Waals surface area contributed by atoms with Gasteiger partial charge in [0.05, 0.1) is 26.0 Å². The summed E-state index contributed by atoms with van der Waals surface area (Å²) >= 11 is 0. The predicted molar refractivity (Wildman–Crippen MR) is 104 cm³/mol. The molecule has 1 aromatic heterocycles. The van der Waals surface area contributed by atoms with Gasteiger partial charge in [-0.15, -0.1) is 0 Å². The molecule has 0 radical (unpaired) electrons. The molecular formula is C22H29N3O3. The number of nitrogens with one attached hydrogen (secondary N) is 1. The summed E-state index contributed by atoms with van der Waals surface area (Å²) in [6, 6.07) is 2.76. The van der Waals surface area contributed by atoms with E-state index in [0.29, 0.717) is 12.0 Å². The average Bonchev–Trinajstić information content (AvgIpc) is 3.33. The van der Waals surface area contributed by atoms with E-state index >= 15 is 0 Å². The Kier molecular flexibility index (Phi) is 4.07. The summed E-state index contributed by atoms with van der Waals surface area (Å²) in [5.74, 6) is 2.72. The van der Waals surface area contributed by atoms with Gasteiger partial charge in [-0.25, -0.2) is 0 Å². The Morgan fingerprint density at radius 3 is 2.96 bits per heavy atom. The molecule has 4 atom stereocenters. The molecule has 1 aromatic rings. The molecule has 0 saturated carbocycles. The maximum atomic E-state index is 6.55. The molecule has 1 N–H and O–H groups in total. The highest BCUT2D eigenvalue weighted by molar-refractivity contribution is 5.34. The van der Waals surface area contributed by atoms with E-state index in [1.54, 1.807) is 0 Å². The first-order valence-electron chi connectivity index (χ1n) is 10.7. The number of hydrogen-bond acceptors (Lipinski definition) is 6. The molecule has 150 valence electrons. The quantitative estimate of drug-likeness (QED) is 0.865. The van der Waals surface area contributed by atoms with E-state index in [2.05, 4.69) is 33.3 Å². The van der Waals surface area contributed by atoms with Crippen molar-refractivity contribution in [3.8, 4) is 0 Å². The maximum absolute atomic E-state index is 6.55. The number of allylic oxidation sites excluding steroid dienone is 1. The molecule has 7 heterocycles. The standard InChI is InChI=1S/C22H29N3O3/c1-2-16-12-22(28-21(16)23-4-1)15-25-5-3-18(22)11-20(25)17-10-19(27-14-17)13-24-6-8-26-9-7-24/h1-2,10,14,18,20,23H,3-9,11-13,15H2/t18?,20?,22-/m0/s1. The van der Waals surface area contributed by atoms with E-state index < -0.39 is 0 Å². The van der Waals surface area contributed by atoms with Crippen molar-refractivity contribution in [2.24, 2.45) is 5.92 Å². The number of furan rings is 1. The van der Waals surface area contributed by atoms with E-state index in [1.807, 2.05) is 6.26 Å². The molecule has 6 nitrogen and oxygen atoms in total. The topological polar surface area (TPSA) is 50.1 Å². The SMILES string of the molecule is C1=CC2=C(NC1)O[C@@]1(C2)CN2CCC1CC2c1coc(CN2CCOCC2)c1. The zero-order valence-corrected chi connectivity index (χ0v) is 16.4. The minimum Gasteiger partial charge on any atom is -0.470 e. The first-order valence-corrected chi connectivity index (χ1v) is 10.7. The fourth-order valence-electron chi connectivity index (χ4n) is 5.80. The van der Waals surface area contributed by atoms with E-state index in [4.69, 9.17) is 13.9 Å². The van der Waals surface area contributed by atoms with Gasteiger partial charge in [-0.1, -0.05) is 12.2 Å². The summed E-state index contributed by atoms with van der Waals surface area (Å²) in [5, 5.41) is 3.42. The smallest absolute Gasteiger partial charge is 0.190 e. The van der Waals surface area contributed by atoms with Gasteiger partial charge >= 0.3 is 0 Å². The summed E-state index contributed by atoms with van der Waals surface area (Å²) in [6.07, 6.45) is 9.90. The molecule has 4 fully saturated rings. The Hall–Kier alpha value is -1.76. The van der Waals surface area contributed by atoms with Gasteiger partial charge in [0.1, 0.15) is 11.4 Å². The van der Waals surface area contributed by atoms with Crippen molar-refractivity contribution in [1.82, 2.24) is 15.1 Å². The van der Waals surface area contributed by atoms with Crippen LogP contribution >= 0.6 is 0 Å². The Morgan fingerprint density at radius 1 is 1.21 bits per heavy atom. The van der Waals surface area contributed by atoms with E-state index in [-0.39, 0.29) is 5.60 Å². The van der Waals surface area contributed by atoms with Crippen molar-refractivity contribution < 1.29 is 13.9 Å². The van der Waals surface area contributed by atoms with Crippen molar-refractivity contribution in [2.45, 2.75) is 37.5 Å². The van der Waals surface area contributed by atoms with E-state index in [1.165, 1.54) is 30.5 Å². The molecule has 7 rings (SSSR count). The van der Waals surface area contributed by atoms with Gasteiger partial charge in [-0.3, -0.25) is 9.80 Å². The lowest BCUT2D eigenvalue weighted by Gasteiger charge is -2.54. The van der Waals surface area contributed by atoms with Crippen molar-refractivity contribution in [2.75, 3.05) is 45.9 Å². The molecule has 6 aliphatic heterocycles. The Balaban J connectivity index is 1.16. The summed E-state index contributed by atoms with van der Waals surface area (Å²) in [4.78, 5) is 5.04. The highest BCUT2D eigenvalue weighted by Gasteiger charge is 2.55. The molecule has 0 amide bonds. The maximum Gasteiger partial charge on any atom is 0.190 e. The third kappa shape index (κ3) is 2.81. The highest BCUT2D eigenvalue weighted by atomic mass is 16.5. The molecule has 28 heavy (non-hydrogen) atoms. The summed E-state index contributed by atoms with van der Waals surface area (Å²) < 4.78 is 18.0. The summed E-state index contributed by atoms with van der Waals surface area (Å²) in [6.45, 7) is 7.61. The first kappa shape index (κ1) is 17.1. The Morgan fingerprint density at radius 2 is 2.14 bits per heavy atom. The van der Waals surface area contributed by atoms with Crippen LogP contribution in [0.5, 0.6) is 0 Å². The minimum absolute atomic E-state index is 0.0263. The molecule has 6 heteroatoms. The number of hydrogen-bond donors (Lipinski definition) is 1. The lowest BCUT2D eigenvalue weighted by atomic mass is 9.69. The number of dihydropyridines is 1. The number of rotatable bonds is 3. The van der Waals surface area contributed by atoms with Crippen LogP contribution < -0.4 is 5.32 Å². The van der Waals surface area contributed by atoms with Crippen LogP contribution in [-0.2, 0) is 16.0 Å². The molecule has 0 aliphatic carbocycles. The number of morpholine rings is 1. The van der Waals surface area contributed by atoms with Crippen LogP contribution in [0.2, 0.25) is 0 Å². The molecule has 0 aromatic carbocycles. The Labute approximate surface area is 166 Å². The van der Waals surface area contributed by atoms with Gasteiger partial charge in [-0.05, 0) is 25.5 Å². The van der Waals surface area contributed by atoms with Crippen molar-refractivity contribution in [3.05, 3.63) is 47.3 Å². The van der Waals surface area contributed by atoms with Crippen LogP contribution in [0.4, 0.5) is 0 Å². The second-order valence-electron chi connectivity index (χ2n) is 8.92. The third-order valence-electron chi connectivity index (χ3n) is 7.26. The van der Waals surface area contributed by atoms with Crippen molar-refractivity contribution in [3.63, 3.8) is 0 Å². The van der Waals surface area contributed by atoms with Crippen molar-refractivity contribution in [1.29, 1.82) is 0 Å². The monoisotopic (exact) mass is 383 g/mol. The van der Waals surface area contributed by atoms with E-state index in [9.17, 15) is 0 Å². The first-order chi connectivity index (χ1) is 13.8. The zero-order valence-electron chi connectivity index (χ0n) is 16.4. The predicted octanol–water partition coefficient (Wildman–Crippen LogP) is 2.41. The van der Waals surface area contributed by atoms with Gasteiger partial charge in [0.2, 0.25) is 0 Å². The fraction of sp³-hybridized carbons (Fsp3) is 0.636. The molecule has 6 aliphatic rings.